The first kappa shape index (κ1) is 32.5. The summed E-state index contributed by atoms with van der Waals surface area (Å²) in [7, 11) is 0. The minimum Gasteiger partial charge on any atom is -0.872 e. The molecule has 1 fully saturated rings. The quantitative estimate of drug-likeness (QED) is 0.229. The van der Waals surface area contributed by atoms with Gasteiger partial charge in [-0.15, -0.1) is 34.7 Å². The maximum Gasteiger partial charge on any atom is 2.00 e. The molecule has 2 atom stereocenters. The molecule has 7 heteroatoms. The third kappa shape index (κ3) is 9.74. The average Bonchev–Trinajstić information content (AvgIpc) is 2.77. The van der Waals surface area contributed by atoms with Crippen LogP contribution >= 0.6 is 23.2 Å². The van der Waals surface area contributed by atoms with Crippen LogP contribution in [0.2, 0.25) is 0 Å². The van der Waals surface area contributed by atoms with Gasteiger partial charge in [0, 0.05) is 12.4 Å². The second kappa shape index (κ2) is 14.4. The van der Waals surface area contributed by atoms with Gasteiger partial charge in [0.15, 0.2) is 0 Å². The van der Waals surface area contributed by atoms with Crippen molar-refractivity contribution in [2.75, 3.05) is 5.34 Å². The van der Waals surface area contributed by atoms with E-state index in [0.29, 0.717) is 11.1 Å². The fraction of sp³-hybridized carbons (Fsp3) is 0.517. The van der Waals surface area contributed by atoms with E-state index in [1.165, 1.54) is 0 Å². The fourth-order valence-electron chi connectivity index (χ4n) is 4.02. The number of alkyl halides is 2. The van der Waals surface area contributed by atoms with Crippen LogP contribution in [0, 0.1) is 0 Å². The number of hydrogen-bond acceptors (Lipinski definition) is 4. The van der Waals surface area contributed by atoms with Gasteiger partial charge in [-0.05, 0) is 45.9 Å². The minimum absolute atomic E-state index is 0. The standard InChI is InChI=1S/C28H38N2O2.CH2Cl2.Cu/c1-27(2,3)21-11-13-25(31)19(15-21)17-29-23-9-7-8-10-24(23)30-18-20-16-22(28(4,5)6)12-14-26(20)32;2-1-3;/h11-18,23-24,31-32H,7-10H2,1-6H3;1H2;/q;;+2/p-2/t23-,24-;;/m0../s1. The van der Waals surface area contributed by atoms with Gasteiger partial charge in [0.2, 0.25) is 0 Å². The second-order valence-corrected chi connectivity index (χ2v) is 11.9. The van der Waals surface area contributed by atoms with E-state index in [1.54, 1.807) is 24.6 Å². The first-order valence-electron chi connectivity index (χ1n) is 12.2. The van der Waals surface area contributed by atoms with Gasteiger partial charge in [-0.2, -0.15) is 0 Å². The summed E-state index contributed by atoms with van der Waals surface area (Å²) in [6, 6.07) is 11.0. The van der Waals surface area contributed by atoms with Crippen LogP contribution < -0.4 is 10.2 Å². The van der Waals surface area contributed by atoms with Crippen LogP contribution in [0.15, 0.2) is 46.4 Å². The molecule has 0 heterocycles. The Morgan fingerprint density at radius 2 is 1.08 bits per heavy atom. The summed E-state index contributed by atoms with van der Waals surface area (Å²) in [5, 5.41) is 24.9. The van der Waals surface area contributed by atoms with E-state index in [9.17, 15) is 10.2 Å². The molecule has 1 radical (unpaired) electrons. The molecule has 1 saturated carbocycles. The summed E-state index contributed by atoms with van der Waals surface area (Å²) in [6.07, 6.45) is 7.56. The van der Waals surface area contributed by atoms with Crippen LogP contribution in [0.5, 0.6) is 11.5 Å². The first-order valence-corrected chi connectivity index (χ1v) is 13.2. The van der Waals surface area contributed by atoms with Crippen LogP contribution in [-0.4, -0.2) is 29.9 Å². The summed E-state index contributed by atoms with van der Waals surface area (Å²) in [5.41, 5.74) is 3.46. The molecular formula is C29H38Cl2CuN2O2. The molecule has 1 aliphatic rings. The van der Waals surface area contributed by atoms with Crippen molar-refractivity contribution < 1.29 is 27.3 Å². The molecule has 201 valence electrons. The summed E-state index contributed by atoms with van der Waals surface area (Å²) in [6.45, 7) is 12.8. The predicted octanol–water partition coefficient (Wildman–Crippen LogP) is 6.70. The van der Waals surface area contributed by atoms with Gasteiger partial charge in [-0.25, -0.2) is 0 Å². The third-order valence-electron chi connectivity index (χ3n) is 6.26. The van der Waals surface area contributed by atoms with Gasteiger partial charge in [0.05, 0.1) is 17.4 Å². The van der Waals surface area contributed by atoms with Gasteiger partial charge in [0.25, 0.3) is 0 Å². The molecule has 0 spiro atoms. The zero-order valence-corrected chi connectivity index (χ0v) is 24.5. The third-order valence-corrected chi connectivity index (χ3v) is 6.26. The van der Waals surface area contributed by atoms with Gasteiger partial charge < -0.3 is 10.2 Å². The van der Waals surface area contributed by atoms with E-state index < -0.39 is 0 Å². The second-order valence-electron chi connectivity index (χ2n) is 11.1. The Labute approximate surface area is 237 Å². The van der Waals surface area contributed by atoms with Crippen molar-refractivity contribution in [2.24, 2.45) is 9.98 Å². The largest absolute Gasteiger partial charge is 2.00 e. The van der Waals surface area contributed by atoms with E-state index in [-0.39, 0.29) is 56.8 Å². The van der Waals surface area contributed by atoms with E-state index in [4.69, 9.17) is 33.2 Å². The van der Waals surface area contributed by atoms with E-state index >= 15 is 0 Å². The SMILES string of the molecule is CC(C)(C)c1ccc([O-])c(C=N[C@H]2CCCC[C@@H]2N=Cc2cc(C(C)(C)C)ccc2[O-])c1.ClCCl.[Cu+2]. The molecule has 0 saturated heterocycles. The van der Waals surface area contributed by atoms with Crippen LogP contribution in [-0.2, 0) is 27.9 Å². The number of halogens is 2. The average molecular weight is 581 g/mol. The van der Waals surface area contributed by atoms with Gasteiger partial charge in [-0.3, -0.25) is 9.98 Å². The number of rotatable bonds is 4. The fourth-order valence-corrected chi connectivity index (χ4v) is 4.02. The summed E-state index contributed by atoms with van der Waals surface area (Å²) < 4.78 is 0. The number of aliphatic imine (C=N–C) groups is 2. The van der Waals surface area contributed by atoms with Crippen molar-refractivity contribution >= 4 is 35.6 Å². The minimum atomic E-state index is -0.0222. The Hall–Kier alpha value is -1.52. The monoisotopic (exact) mass is 579 g/mol. The smallest absolute Gasteiger partial charge is 0.872 e. The molecule has 3 rings (SSSR count). The van der Waals surface area contributed by atoms with E-state index in [0.717, 1.165) is 36.8 Å². The predicted molar refractivity (Wildman–Crippen MR) is 147 cm³/mol. The topological polar surface area (TPSA) is 70.8 Å². The van der Waals surface area contributed by atoms with Crippen molar-refractivity contribution in [1.29, 1.82) is 0 Å². The van der Waals surface area contributed by atoms with Crippen LogP contribution in [0.3, 0.4) is 0 Å². The van der Waals surface area contributed by atoms with Gasteiger partial charge in [0.1, 0.15) is 0 Å². The van der Waals surface area contributed by atoms with Gasteiger partial charge >= 0.3 is 17.1 Å². The van der Waals surface area contributed by atoms with Crippen molar-refractivity contribution in [3.8, 4) is 11.5 Å². The van der Waals surface area contributed by atoms with E-state index in [1.807, 2.05) is 24.3 Å². The van der Waals surface area contributed by atoms with Crippen molar-refractivity contribution in [2.45, 2.75) is 90.1 Å². The van der Waals surface area contributed by atoms with Crippen LogP contribution in [0.25, 0.3) is 0 Å². The zero-order chi connectivity index (χ0) is 26.2. The summed E-state index contributed by atoms with van der Waals surface area (Å²) in [4.78, 5) is 9.59. The van der Waals surface area contributed by atoms with Crippen LogP contribution in [0.4, 0.5) is 0 Å². The molecule has 36 heavy (non-hydrogen) atoms. The first-order chi connectivity index (χ1) is 16.4. The number of hydrogen-bond donors (Lipinski definition) is 0. The molecule has 0 aliphatic heterocycles. The molecule has 0 aromatic heterocycles. The normalized spacial score (nSPS) is 18.6. The Balaban J connectivity index is 0.00000154. The maximum atomic E-state index is 12.4. The van der Waals surface area contributed by atoms with Crippen molar-refractivity contribution in [3.63, 3.8) is 0 Å². The Morgan fingerprint density at radius 1 is 0.750 bits per heavy atom. The molecule has 0 amide bonds. The molecule has 0 N–H and O–H groups in total. The van der Waals surface area contributed by atoms with Crippen LogP contribution in [0.1, 0.15) is 89.5 Å². The van der Waals surface area contributed by atoms with Gasteiger partial charge in [-0.1, -0.05) is 90.8 Å². The molecular weight excluding hydrogens is 543 g/mol. The molecule has 2 aromatic rings. The Morgan fingerprint density at radius 3 is 1.39 bits per heavy atom. The maximum absolute atomic E-state index is 12.4. The molecule has 0 unspecified atom stereocenters. The molecule has 2 aromatic carbocycles. The Bertz CT molecular complexity index is 945. The zero-order valence-electron chi connectivity index (χ0n) is 22.1. The Kier molecular flexibility index (Phi) is 13.0. The summed E-state index contributed by atoms with van der Waals surface area (Å²) >= 11 is 9.53. The van der Waals surface area contributed by atoms with E-state index in [2.05, 4.69) is 41.5 Å². The number of nitrogens with zero attached hydrogens (tertiary/aromatic N) is 2. The van der Waals surface area contributed by atoms with Crippen molar-refractivity contribution in [3.05, 3.63) is 58.7 Å². The molecule has 1 aliphatic carbocycles. The number of benzene rings is 2. The summed E-state index contributed by atoms with van der Waals surface area (Å²) in [5.74, 6) is -0.0137. The molecule has 4 nitrogen and oxygen atoms in total. The molecule has 0 bridgehead atoms. The van der Waals surface area contributed by atoms with Crippen molar-refractivity contribution in [1.82, 2.24) is 0 Å².